The van der Waals surface area contributed by atoms with E-state index in [1.165, 1.54) is 0 Å². The molecule has 4 heteroatoms. The zero-order valence-electron chi connectivity index (χ0n) is 9.33. The third kappa shape index (κ3) is 2.00. The van der Waals surface area contributed by atoms with Crippen LogP contribution in [0.5, 0.6) is 0 Å². The van der Waals surface area contributed by atoms with Crippen molar-refractivity contribution >= 4 is 5.97 Å². The van der Waals surface area contributed by atoms with Crippen molar-refractivity contribution in [1.29, 1.82) is 0 Å². The first kappa shape index (κ1) is 10.9. The lowest BCUT2D eigenvalue weighted by Crippen LogP contribution is -2.40. The van der Waals surface area contributed by atoms with Crippen molar-refractivity contribution in [1.82, 2.24) is 9.80 Å². The Morgan fingerprint density at radius 3 is 2.50 bits per heavy atom. The van der Waals surface area contributed by atoms with E-state index in [2.05, 4.69) is 4.90 Å². The number of carbonyl (C=O) groups excluding carboxylic acids is 1. The number of nitrogens with zero attached hydrogens (tertiary/aromatic N) is 2. The SMILES string of the molecule is CCOC(=O)C1=C(C)N(C)CCN1C. The van der Waals surface area contributed by atoms with Crippen LogP contribution in [0.15, 0.2) is 11.4 Å². The summed E-state index contributed by atoms with van der Waals surface area (Å²) in [5.41, 5.74) is 1.66. The van der Waals surface area contributed by atoms with Gasteiger partial charge in [-0.15, -0.1) is 0 Å². The van der Waals surface area contributed by atoms with Gasteiger partial charge in [0.2, 0.25) is 0 Å². The Morgan fingerprint density at radius 1 is 1.36 bits per heavy atom. The Balaban J connectivity index is 2.90. The number of rotatable bonds is 2. The number of carbonyl (C=O) groups is 1. The smallest absolute Gasteiger partial charge is 0.356 e. The first-order valence-electron chi connectivity index (χ1n) is 4.88. The summed E-state index contributed by atoms with van der Waals surface area (Å²) in [6.45, 7) is 6.00. The van der Waals surface area contributed by atoms with Gasteiger partial charge in [0.05, 0.1) is 6.61 Å². The van der Waals surface area contributed by atoms with Gasteiger partial charge >= 0.3 is 5.97 Å². The van der Waals surface area contributed by atoms with Gasteiger partial charge in [0, 0.05) is 32.9 Å². The highest BCUT2D eigenvalue weighted by molar-refractivity contribution is 5.88. The first-order valence-corrected chi connectivity index (χ1v) is 4.88. The monoisotopic (exact) mass is 198 g/mol. The van der Waals surface area contributed by atoms with Gasteiger partial charge in [-0.25, -0.2) is 4.79 Å². The van der Waals surface area contributed by atoms with Gasteiger partial charge in [-0.05, 0) is 13.8 Å². The van der Waals surface area contributed by atoms with Crippen molar-refractivity contribution < 1.29 is 9.53 Å². The predicted octanol–water partition coefficient (Wildman–Crippen LogP) is 0.658. The summed E-state index contributed by atoms with van der Waals surface area (Å²) in [6, 6.07) is 0. The van der Waals surface area contributed by atoms with E-state index in [0.717, 1.165) is 18.8 Å². The minimum Gasteiger partial charge on any atom is -0.461 e. The summed E-state index contributed by atoms with van der Waals surface area (Å²) in [4.78, 5) is 15.6. The number of hydrogen-bond donors (Lipinski definition) is 0. The molecule has 0 aromatic rings. The van der Waals surface area contributed by atoms with E-state index in [0.29, 0.717) is 12.3 Å². The molecular formula is C10H18N2O2. The average molecular weight is 198 g/mol. The molecule has 0 amide bonds. The summed E-state index contributed by atoms with van der Waals surface area (Å²) < 4.78 is 5.01. The molecule has 0 spiro atoms. The highest BCUT2D eigenvalue weighted by Crippen LogP contribution is 2.17. The molecule has 0 bridgehead atoms. The van der Waals surface area contributed by atoms with Crippen LogP contribution < -0.4 is 0 Å². The summed E-state index contributed by atoms with van der Waals surface area (Å²) in [5.74, 6) is -0.223. The van der Waals surface area contributed by atoms with Gasteiger partial charge in [-0.1, -0.05) is 0 Å². The molecule has 0 saturated heterocycles. The van der Waals surface area contributed by atoms with E-state index in [-0.39, 0.29) is 5.97 Å². The van der Waals surface area contributed by atoms with Gasteiger partial charge < -0.3 is 14.5 Å². The number of likely N-dealkylation sites (N-methyl/N-ethyl adjacent to an activating group) is 2. The second kappa shape index (κ2) is 4.35. The largest absolute Gasteiger partial charge is 0.461 e. The van der Waals surface area contributed by atoms with Crippen molar-refractivity contribution in [3.8, 4) is 0 Å². The van der Waals surface area contributed by atoms with E-state index in [1.807, 2.05) is 32.8 Å². The van der Waals surface area contributed by atoms with Crippen LogP contribution in [0.4, 0.5) is 0 Å². The summed E-state index contributed by atoms with van der Waals surface area (Å²) >= 11 is 0. The van der Waals surface area contributed by atoms with E-state index < -0.39 is 0 Å². The van der Waals surface area contributed by atoms with Crippen LogP contribution in [0.1, 0.15) is 13.8 Å². The normalized spacial score (nSPS) is 17.4. The van der Waals surface area contributed by atoms with E-state index in [9.17, 15) is 4.79 Å². The molecule has 0 atom stereocenters. The van der Waals surface area contributed by atoms with Crippen LogP contribution in [0.25, 0.3) is 0 Å². The van der Waals surface area contributed by atoms with Crippen LogP contribution in [-0.2, 0) is 9.53 Å². The number of hydrogen-bond acceptors (Lipinski definition) is 4. The van der Waals surface area contributed by atoms with Crippen LogP contribution in [0.3, 0.4) is 0 Å². The molecule has 1 rings (SSSR count). The average Bonchev–Trinajstić information content (AvgIpc) is 2.13. The molecule has 0 saturated carbocycles. The number of esters is 1. The molecule has 80 valence electrons. The van der Waals surface area contributed by atoms with Gasteiger partial charge in [-0.3, -0.25) is 0 Å². The molecule has 0 aromatic carbocycles. The third-order valence-corrected chi connectivity index (χ3v) is 2.54. The molecule has 1 heterocycles. The zero-order chi connectivity index (χ0) is 10.7. The molecule has 4 nitrogen and oxygen atoms in total. The Labute approximate surface area is 85.1 Å². The minimum atomic E-state index is -0.223. The fraction of sp³-hybridized carbons (Fsp3) is 0.700. The van der Waals surface area contributed by atoms with Gasteiger partial charge in [0.25, 0.3) is 0 Å². The molecule has 1 aliphatic rings. The zero-order valence-corrected chi connectivity index (χ0v) is 9.33. The molecule has 0 aliphatic carbocycles. The Kier molecular flexibility index (Phi) is 3.38. The summed E-state index contributed by atoms with van der Waals surface area (Å²) in [7, 11) is 3.91. The molecule has 0 radical (unpaired) electrons. The minimum absolute atomic E-state index is 0.223. The maximum absolute atomic E-state index is 11.6. The van der Waals surface area contributed by atoms with E-state index in [4.69, 9.17) is 4.74 Å². The fourth-order valence-corrected chi connectivity index (χ4v) is 1.54. The molecule has 0 fully saturated rings. The topological polar surface area (TPSA) is 32.8 Å². The predicted molar refractivity (Wildman–Crippen MR) is 54.6 cm³/mol. The second-order valence-corrected chi connectivity index (χ2v) is 3.50. The summed E-state index contributed by atoms with van der Waals surface area (Å²) in [5, 5.41) is 0. The number of allylic oxidation sites excluding steroid dienone is 1. The van der Waals surface area contributed by atoms with Gasteiger partial charge in [0.15, 0.2) is 0 Å². The van der Waals surface area contributed by atoms with E-state index in [1.54, 1.807) is 0 Å². The highest BCUT2D eigenvalue weighted by atomic mass is 16.5. The van der Waals surface area contributed by atoms with Crippen molar-refractivity contribution in [3.05, 3.63) is 11.4 Å². The molecule has 1 aliphatic heterocycles. The summed E-state index contributed by atoms with van der Waals surface area (Å²) in [6.07, 6.45) is 0. The van der Waals surface area contributed by atoms with Crippen molar-refractivity contribution in [2.24, 2.45) is 0 Å². The lowest BCUT2D eigenvalue weighted by molar-refractivity contribution is -0.140. The highest BCUT2D eigenvalue weighted by Gasteiger charge is 2.24. The molecule has 14 heavy (non-hydrogen) atoms. The fourth-order valence-electron chi connectivity index (χ4n) is 1.54. The third-order valence-electron chi connectivity index (χ3n) is 2.54. The lowest BCUT2D eigenvalue weighted by atomic mass is 10.2. The first-order chi connectivity index (χ1) is 6.57. The van der Waals surface area contributed by atoms with Crippen molar-refractivity contribution in [3.63, 3.8) is 0 Å². The van der Waals surface area contributed by atoms with Crippen LogP contribution in [0.2, 0.25) is 0 Å². The van der Waals surface area contributed by atoms with Crippen molar-refractivity contribution in [2.45, 2.75) is 13.8 Å². The van der Waals surface area contributed by atoms with Crippen LogP contribution in [-0.4, -0.2) is 49.6 Å². The Bertz CT molecular complexity index is 261. The standard InChI is InChI=1S/C10H18N2O2/c1-5-14-10(13)9-8(2)11(3)6-7-12(9)4/h5-7H2,1-4H3. The maximum atomic E-state index is 11.6. The Morgan fingerprint density at radius 2 is 1.93 bits per heavy atom. The Hall–Kier alpha value is -1.19. The molecular weight excluding hydrogens is 180 g/mol. The van der Waals surface area contributed by atoms with Crippen LogP contribution >= 0.6 is 0 Å². The lowest BCUT2D eigenvalue weighted by Gasteiger charge is -2.34. The van der Waals surface area contributed by atoms with E-state index >= 15 is 0 Å². The molecule has 0 aromatic heterocycles. The maximum Gasteiger partial charge on any atom is 0.356 e. The van der Waals surface area contributed by atoms with Crippen molar-refractivity contribution in [2.75, 3.05) is 33.8 Å². The van der Waals surface area contributed by atoms with Gasteiger partial charge in [0.1, 0.15) is 5.70 Å². The quantitative estimate of drug-likeness (QED) is 0.610. The van der Waals surface area contributed by atoms with Gasteiger partial charge in [-0.2, -0.15) is 0 Å². The molecule has 0 N–H and O–H groups in total. The molecule has 0 unspecified atom stereocenters. The second-order valence-electron chi connectivity index (χ2n) is 3.50. The van der Waals surface area contributed by atoms with Crippen LogP contribution in [0, 0.1) is 0 Å². The number of ether oxygens (including phenoxy) is 1.